The van der Waals surface area contributed by atoms with Gasteiger partial charge in [-0.1, -0.05) is 67.9 Å². The number of amides is 2. The standard InChI is InChI=1S/C25H25N3O2/c1-16(2)18-12-14-19(15-13-18)23-26-22-7-5-4-6-21(22)25(30)28(23)27-24(29)20-10-8-17(3)9-11-20/h4-16,23,26H,1-3H3,(H,27,29). The van der Waals surface area contributed by atoms with Crippen LogP contribution >= 0.6 is 0 Å². The van der Waals surface area contributed by atoms with Gasteiger partial charge >= 0.3 is 0 Å². The molecule has 3 aromatic rings. The fourth-order valence-corrected chi connectivity index (χ4v) is 3.54. The summed E-state index contributed by atoms with van der Waals surface area (Å²) >= 11 is 0. The highest BCUT2D eigenvalue weighted by atomic mass is 16.2. The molecule has 0 radical (unpaired) electrons. The zero-order valence-electron chi connectivity index (χ0n) is 17.3. The Labute approximate surface area is 176 Å². The quantitative estimate of drug-likeness (QED) is 0.647. The number of carbonyl (C=O) groups is 2. The molecule has 1 unspecified atom stereocenters. The van der Waals surface area contributed by atoms with E-state index in [1.54, 1.807) is 18.2 Å². The second-order valence-electron chi connectivity index (χ2n) is 7.90. The van der Waals surface area contributed by atoms with E-state index in [1.807, 2.05) is 49.4 Å². The zero-order chi connectivity index (χ0) is 21.3. The minimum atomic E-state index is -0.511. The molecule has 5 nitrogen and oxygen atoms in total. The van der Waals surface area contributed by atoms with Crippen molar-refractivity contribution in [3.05, 3.63) is 101 Å². The summed E-state index contributed by atoms with van der Waals surface area (Å²) in [5.41, 5.74) is 7.77. The highest BCUT2D eigenvalue weighted by molar-refractivity contribution is 6.04. The first-order valence-corrected chi connectivity index (χ1v) is 10.1. The second-order valence-corrected chi connectivity index (χ2v) is 7.90. The number of hydrogen-bond acceptors (Lipinski definition) is 3. The molecule has 5 heteroatoms. The Balaban J connectivity index is 1.69. The van der Waals surface area contributed by atoms with Gasteiger partial charge in [0.05, 0.1) is 5.56 Å². The van der Waals surface area contributed by atoms with Crippen LogP contribution in [0, 0.1) is 6.92 Å². The molecule has 1 aliphatic rings. The van der Waals surface area contributed by atoms with Gasteiger partial charge in [-0.05, 0) is 48.2 Å². The van der Waals surface area contributed by atoms with Gasteiger partial charge in [-0.2, -0.15) is 0 Å². The molecular weight excluding hydrogens is 374 g/mol. The van der Waals surface area contributed by atoms with Crippen LogP contribution in [-0.2, 0) is 0 Å². The third kappa shape index (κ3) is 3.79. The highest BCUT2D eigenvalue weighted by Crippen LogP contribution is 2.32. The summed E-state index contributed by atoms with van der Waals surface area (Å²) in [4.78, 5) is 26.1. The molecule has 0 aromatic heterocycles. The highest BCUT2D eigenvalue weighted by Gasteiger charge is 2.34. The van der Waals surface area contributed by atoms with Crippen LogP contribution in [0.4, 0.5) is 5.69 Å². The van der Waals surface area contributed by atoms with Crippen molar-refractivity contribution in [1.82, 2.24) is 10.4 Å². The first-order chi connectivity index (χ1) is 14.4. The smallest absolute Gasteiger partial charge is 0.276 e. The first-order valence-electron chi connectivity index (χ1n) is 10.1. The summed E-state index contributed by atoms with van der Waals surface area (Å²) in [6.07, 6.45) is -0.511. The number of aryl methyl sites for hydroxylation is 1. The zero-order valence-corrected chi connectivity index (χ0v) is 17.3. The normalized spacial score (nSPS) is 15.5. The first kappa shape index (κ1) is 19.7. The molecule has 0 fully saturated rings. The second kappa shape index (κ2) is 8.03. The minimum absolute atomic E-state index is 0.247. The van der Waals surface area contributed by atoms with E-state index in [9.17, 15) is 9.59 Å². The van der Waals surface area contributed by atoms with Crippen LogP contribution in [0.3, 0.4) is 0 Å². The van der Waals surface area contributed by atoms with Crippen molar-refractivity contribution in [3.8, 4) is 0 Å². The number of rotatable bonds is 4. The molecule has 2 amide bonds. The molecular formula is C25H25N3O2. The summed E-state index contributed by atoms with van der Waals surface area (Å²) < 4.78 is 0. The van der Waals surface area contributed by atoms with E-state index in [2.05, 4.69) is 36.7 Å². The predicted octanol–water partition coefficient (Wildman–Crippen LogP) is 5.03. The largest absolute Gasteiger partial charge is 0.359 e. The number of anilines is 1. The molecule has 2 N–H and O–H groups in total. The lowest BCUT2D eigenvalue weighted by Gasteiger charge is -2.37. The Morgan fingerprint density at radius 2 is 1.63 bits per heavy atom. The summed E-state index contributed by atoms with van der Waals surface area (Å²) in [5, 5.41) is 4.78. The Kier molecular flexibility index (Phi) is 5.27. The maximum Gasteiger partial charge on any atom is 0.276 e. The minimum Gasteiger partial charge on any atom is -0.359 e. The van der Waals surface area contributed by atoms with Crippen molar-refractivity contribution in [2.24, 2.45) is 0 Å². The van der Waals surface area contributed by atoms with Crippen LogP contribution in [-0.4, -0.2) is 16.8 Å². The molecule has 4 rings (SSSR count). The number of nitrogens with zero attached hydrogens (tertiary/aromatic N) is 1. The third-order valence-corrected chi connectivity index (χ3v) is 5.38. The Morgan fingerprint density at radius 3 is 2.30 bits per heavy atom. The van der Waals surface area contributed by atoms with Crippen LogP contribution in [0.5, 0.6) is 0 Å². The van der Waals surface area contributed by atoms with E-state index in [0.29, 0.717) is 17.0 Å². The average molecular weight is 399 g/mol. The third-order valence-electron chi connectivity index (χ3n) is 5.38. The van der Waals surface area contributed by atoms with Gasteiger partial charge in [0.1, 0.15) is 6.17 Å². The summed E-state index contributed by atoms with van der Waals surface area (Å²) in [5.74, 6) is -0.158. The number of hydrogen-bond donors (Lipinski definition) is 2. The van der Waals surface area contributed by atoms with Gasteiger partial charge in [0.2, 0.25) is 0 Å². The topological polar surface area (TPSA) is 61.4 Å². The van der Waals surface area contributed by atoms with Crippen LogP contribution < -0.4 is 10.7 Å². The van der Waals surface area contributed by atoms with Crippen molar-refractivity contribution in [2.45, 2.75) is 32.9 Å². The van der Waals surface area contributed by atoms with Crippen molar-refractivity contribution >= 4 is 17.5 Å². The van der Waals surface area contributed by atoms with Crippen LogP contribution in [0.15, 0.2) is 72.8 Å². The predicted molar refractivity (Wildman–Crippen MR) is 118 cm³/mol. The van der Waals surface area contributed by atoms with E-state index in [4.69, 9.17) is 0 Å². The summed E-state index contributed by atoms with van der Waals surface area (Å²) in [6.45, 7) is 6.25. The molecule has 1 aliphatic heterocycles. The van der Waals surface area contributed by atoms with Crippen LogP contribution in [0.2, 0.25) is 0 Å². The molecule has 152 valence electrons. The van der Waals surface area contributed by atoms with E-state index in [-0.39, 0.29) is 11.8 Å². The van der Waals surface area contributed by atoms with E-state index >= 15 is 0 Å². The molecule has 0 saturated carbocycles. The van der Waals surface area contributed by atoms with Crippen LogP contribution in [0.1, 0.15) is 63.3 Å². The van der Waals surface area contributed by atoms with E-state index < -0.39 is 6.17 Å². The molecule has 0 saturated heterocycles. The molecule has 0 bridgehead atoms. The number of benzene rings is 3. The molecule has 3 aromatic carbocycles. The molecule has 0 spiro atoms. The number of nitrogens with one attached hydrogen (secondary N) is 2. The Bertz CT molecular complexity index is 1070. The number of carbonyl (C=O) groups excluding carboxylic acids is 2. The summed E-state index contributed by atoms with van der Waals surface area (Å²) in [6, 6.07) is 22.7. The maximum atomic E-state index is 13.3. The van der Waals surface area contributed by atoms with Crippen molar-refractivity contribution < 1.29 is 9.59 Å². The molecule has 1 atom stereocenters. The number of fused-ring (bicyclic) bond motifs is 1. The molecule has 1 heterocycles. The Hall–Kier alpha value is -3.60. The lowest BCUT2D eigenvalue weighted by Crippen LogP contribution is -2.52. The van der Waals surface area contributed by atoms with Crippen molar-refractivity contribution in [3.63, 3.8) is 0 Å². The fraction of sp³-hybridized carbons (Fsp3) is 0.200. The summed E-state index contributed by atoms with van der Waals surface area (Å²) in [7, 11) is 0. The van der Waals surface area contributed by atoms with Gasteiger partial charge < -0.3 is 5.32 Å². The van der Waals surface area contributed by atoms with Gasteiger partial charge in [-0.15, -0.1) is 0 Å². The van der Waals surface area contributed by atoms with Gasteiger partial charge in [0.15, 0.2) is 0 Å². The molecule has 30 heavy (non-hydrogen) atoms. The lowest BCUT2D eigenvalue weighted by atomic mass is 9.99. The van der Waals surface area contributed by atoms with E-state index in [1.165, 1.54) is 10.6 Å². The molecule has 0 aliphatic carbocycles. The average Bonchev–Trinajstić information content (AvgIpc) is 2.76. The fourth-order valence-electron chi connectivity index (χ4n) is 3.54. The van der Waals surface area contributed by atoms with Crippen molar-refractivity contribution in [1.29, 1.82) is 0 Å². The lowest BCUT2D eigenvalue weighted by molar-refractivity contribution is 0.0491. The van der Waals surface area contributed by atoms with Gasteiger partial charge in [0.25, 0.3) is 11.8 Å². The Morgan fingerprint density at radius 1 is 0.967 bits per heavy atom. The SMILES string of the molecule is Cc1ccc(C(=O)NN2C(=O)c3ccccc3NC2c2ccc(C(C)C)cc2)cc1. The van der Waals surface area contributed by atoms with Gasteiger partial charge in [-0.3, -0.25) is 15.0 Å². The number of hydrazine groups is 1. The monoisotopic (exact) mass is 399 g/mol. The maximum absolute atomic E-state index is 13.3. The van der Waals surface area contributed by atoms with Crippen molar-refractivity contribution in [2.75, 3.05) is 5.32 Å². The van der Waals surface area contributed by atoms with Gasteiger partial charge in [-0.25, -0.2) is 5.01 Å². The van der Waals surface area contributed by atoms with Crippen LogP contribution in [0.25, 0.3) is 0 Å². The van der Waals surface area contributed by atoms with E-state index in [0.717, 1.165) is 16.8 Å². The number of para-hydroxylation sites is 1. The van der Waals surface area contributed by atoms with Gasteiger partial charge in [0, 0.05) is 11.3 Å².